The molecule has 0 spiro atoms. The molecular formula is C27H21ClN4O5S. The first kappa shape index (κ1) is 25.4. The van der Waals surface area contributed by atoms with Gasteiger partial charge in [-0.2, -0.15) is 9.78 Å². The zero-order valence-electron chi connectivity index (χ0n) is 20.6. The second-order valence-electron chi connectivity index (χ2n) is 8.37. The Morgan fingerprint density at radius 3 is 2.68 bits per heavy atom. The summed E-state index contributed by atoms with van der Waals surface area (Å²) in [5.74, 6) is -0.937. The van der Waals surface area contributed by atoms with Crippen LogP contribution in [-0.2, 0) is 4.74 Å². The minimum atomic E-state index is -0.675. The molecule has 3 heterocycles. The Bertz CT molecular complexity index is 1770. The SMILES string of the molecule is CCOC(=O)c1nn(-c2cccc(C)c2)c(=O)c2c(NC(=O)c3c(-c4ccccc4Cl)noc3C)scc12. The first-order valence-corrected chi connectivity index (χ1v) is 12.9. The lowest BCUT2D eigenvalue weighted by molar-refractivity contribution is 0.0520. The van der Waals surface area contributed by atoms with Crippen molar-refractivity contribution in [3.63, 3.8) is 0 Å². The molecule has 0 saturated heterocycles. The summed E-state index contributed by atoms with van der Waals surface area (Å²) in [6, 6.07) is 14.1. The summed E-state index contributed by atoms with van der Waals surface area (Å²) >= 11 is 7.44. The zero-order chi connectivity index (χ0) is 27.0. The van der Waals surface area contributed by atoms with Crippen molar-refractivity contribution in [2.75, 3.05) is 11.9 Å². The molecule has 0 unspecified atom stereocenters. The molecule has 0 radical (unpaired) electrons. The summed E-state index contributed by atoms with van der Waals surface area (Å²) in [6.45, 7) is 5.31. The van der Waals surface area contributed by atoms with Gasteiger partial charge in [0.2, 0.25) is 0 Å². The molecule has 3 aromatic heterocycles. The van der Waals surface area contributed by atoms with Gasteiger partial charge in [-0.15, -0.1) is 11.3 Å². The lowest BCUT2D eigenvalue weighted by atomic mass is 10.1. The fourth-order valence-electron chi connectivity index (χ4n) is 4.07. The Labute approximate surface area is 225 Å². The van der Waals surface area contributed by atoms with Gasteiger partial charge in [0.05, 0.1) is 22.7 Å². The van der Waals surface area contributed by atoms with Crippen LogP contribution in [0.5, 0.6) is 0 Å². The Kier molecular flexibility index (Phi) is 6.83. The first-order chi connectivity index (χ1) is 18.3. The molecule has 0 aliphatic rings. The first-order valence-electron chi connectivity index (χ1n) is 11.6. The maximum atomic E-state index is 13.7. The molecule has 1 N–H and O–H groups in total. The number of fused-ring (bicyclic) bond motifs is 1. The lowest BCUT2D eigenvalue weighted by Gasteiger charge is -2.10. The van der Waals surface area contributed by atoms with Gasteiger partial charge in [0.25, 0.3) is 11.5 Å². The van der Waals surface area contributed by atoms with E-state index in [1.807, 2.05) is 13.0 Å². The highest BCUT2D eigenvalue weighted by Gasteiger charge is 2.27. The number of anilines is 1. The quantitative estimate of drug-likeness (QED) is 0.266. The van der Waals surface area contributed by atoms with E-state index in [2.05, 4.69) is 15.6 Å². The summed E-state index contributed by atoms with van der Waals surface area (Å²) in [7, 11) is 0. The molecule has 11 heteroatoms. The van der Waals surface area contributed by atoms with Crippen molar-refractivity contribution in [2.45, 2.75) is 20.8 Å². The Hall–Kier alpha value is -4.28. The molecule has 0 saturated carbocycles. The predicted molar refractivity (Wildman–Crippen MR) is 146 cm³/mol. The maximum absolute atomic E-state index is 13.7. The third-order valence-electron chi connectivity index (χ3n) is 5.81. The smallest absolute Gasteiger partial charge is 0.359 e. The summed E-state index contributed by atoms with van der Waals surface area (Å²) in [5, 5.41) is 13.9. The van der Waals surface area contributed by atoms with E-state index in [1.54, 1.807) is 61.7 Å². The van der Waals surface area contributed by atoms with E-state index in [1.165, 1.54) is 0 Å². The second-order valence-corrected chi connectivity index (χ2v) is 9.66. The highest BCUT2D eigenvalue weighted by Crippen LogP contribution is 2.34. The molecule has 5 aromatic rings. The van der Waals surface area contributed by atoms with E-state index < -0.39 is 17.4 Å². The molecular weight excluding hydrogens is 528 g/mol. The lowest BCUT2D eigenvalue weighted by Crippen LogP contribution is -2.25. The molecule has 0 bridgehead atoms. The average Bonchev–Trinajstić information content (AvgIpc) is 3.48. The van der Waals surface area contributed by atoms with E-state index in [4.69, 9.17) is 20.9 Å². The summed E-state index contributed by atoms with van der Waals surface area (Å²) < 4.78 is 11.7. The monoisotopic (exact) mass is 548 g/mol. The number of nitrogens with one attached hydrogen (secondary N) is 1. The minimum absolute atomic E-state index is 0.0300. The standard InChI is InChI=1S/C27H21ClN4O5S/c1-4-36-27(35)23-18-13-38-25(21(18)26(34)32(30-23)16-9-7-8-14(2)12-16)29-24(33)20-15(3)37-31-22(20)17-10-5-6-11-19(17)28/h5-13H,4H2,1-3H3,(H,29,33). The highest BCUT2D eigenvalue weighted by atomic mass is 35.5. The van der Waals surface area contributed by atoms with Gasteiger partial charge in [0.15, 0.2) is 5.69 Å². The van der Waals surface area contributed by atoms with Gasteiger partial charge in [-0.3, -0.25) is 9.59 Å². The molecule has 192 valence electrons. The number of thiophene rings is 1. The number of nitrogens with zero attached hydrogens (tertiary/aromatic N) is 3. The van der Waals surface area contributed by atoms with Crippen molar-refractivity contribution in [1.29, 1.82) is 0 Å². The number of aromatic nitrogens is 3. The third-order valence-corrected chi connectivity index (χ3v) is 7.04. The molecule has 0 fully saturated rings. The van der Waals surface area contributed by atoms with Gasteiger partial charge >= 0.3 is 5.97 Å². The topological polar surface area (TPSA) is 116 Å². The van der Waals surface area contributed by atoms with Crippen LogP contribution in [0.1, 0.15) is 39.1 Å². The highest BCUT2D eigenvalue weighted by molar-refractivity contribution is 7.16. The number of benzene rings is 2. The van der Waals surface area contributed by atoms with Crippen LogP contribution in [0, 0.1) is 13.8 Å². The van der Waals surface area contributed by atoms with Crippen molar-refractivity contribution in [1.82, 2.24) is 14.9 Å². The predicted octanol–water partition coefficient (Wildman–Crippen LogP) is 5.80. The van der Waals surface area contributed by atoms with Crippen LogP contribution in [0.15, 0.2) is 63.2 Å². The Morgan fingerprint density at radius 2 is 1.95 bits per heavy atom. The number of amides is 1. The van der Waals surface area contributed by atoms with Crippen molar-refractivity contribution in [3.8, 4) is 16.9 Å². The molecule has 1 amide bonds. The number of hydrogen-bond donors (Lipinski definition) is 1. The van der Waals surface area contributed by atoms with Crippen LogP contribution in [0.3, 0.4) is 0 Å². The number of esters is 1. The van der Waals surface area contributed by atoms with Gasteiger partial charge in [0.1, 0.15) is 22.0 Å². The van der Waals surface area contributed by atoms with E-state index >= 15 is 0 Å². The molecule has 38 heavy (non-hydrogen) atoms. The number of carbonyl (C=O) groups is 2. The largest absolute Gasteiger partial charge is 0.461 e. The summed E-state index contributed by atoms with van der Waals surface area (Å²) in [6.07, 6.45) is 0. The summed E-state index contributed by atoms with van der Waals surface area (Å²) in [5.41, 5.74) is 1.84. The fourth-order valence-corrected chi connectivity index (χ4v) is 5.23. The second kappa shape index (κ2) is 10.2. The summed E-state index contributed by atoms with van der Waals surface area (Å²) in [4.78, 5) is 40.0. The number of halogens is 1. The van der Waals surface area contributed by atoms with Gasteiger partial charge in [0, 0.05) is 16.3 Å². The maximum Gasteiger partial charge on any atom is 0.359 e. The van der Waals surface area contributed by atoms with Gasteiger partial charge in [-0.05, 0) is 44.5 Å². The molecule has 2 aromatic carbocycles. The average molecular weight is 549 g/mol. The van der Waals surface area contributed by atoms with Crippen molar-refractivity contribution in [2.24, 2.45) is 0 Å². The van der Waals surface area contributed by atoms with Crippen LogP contribution in [0.4, 0.5) is 5.00 Å². The fraction of sp³-hybridized carbons (Fsp3) is 0.148. The van der Waals surface area contributed by atoms with Crippen molar-refractivity contribution < 1.29 is 18.8 Å². The number of carbonyl (C=O) groups excluding carboxylic acids is 2. The molecule has 9 nitrogen and oxygen atoms in total. The number of aryl methyl sites for hydroxylation is 2. The van der Waals surface area contributed by atoms with E-state index in [9.17, 15) is 14.4 Å². The zero-order valence-corrected chi connectivity index (χ0v) is 22.1. The molecule has 0 aliphatic carbocycles. The Morgan fingerprint density at radius 1 is 1.16 bits per heavy atom. The third kappa shape index (κ3) is 4.48. The van der Waals surface area contributed by atoms with Crippen molar-refractivity contribution >= 4 is 50.6 Å². The number of rotatable bonds is 6. The van der Waals surface area contributed by atoms with E-state index in [0.29, 0.717) is 16.3 Å². The van der Waals surface area contributed by atoms with Crippen LogP contribution >= 0.6 is 22.9 Å². The Balaban J connectivity index is 1.65. The number of ether oxygens (including phenoxy) is 1. The number of hydrogen-bond acceptors (Lipinski definition) is 8. The minimum Gasteiger partial charge on any atom is -0.461 e. The van der Waals surface area contributed by atoms with Crippen LogP contribution in [0.2, 0.25) is 5.02 Å². The van der Waals surface area contributed by atoms with E-state index in [-0.39, 0.29) is 45.1 Å². The molecule has 0 aliphatic heterocycles. The van der Waals surface area contributed by atoms with E-state index in [0.717, 1.165) is 21.6 Å². The molecule has 5 rings (SSSR count). The van der Waals surface area contributed by atoms with Gasteiger partial charge < -0.3 is 14.6 Å². The van der Waals surface area contributed by atoms with Gasteiger partial charge in [-0.1, -0.05) is 47.1 Å². The van der Waals surface area contributed by atoms with Crippen molar-refractivity contribution in [3.05, 3.63) is 91.9 Å². The van der Waals surface area contributed by atoms with Crippen LogP contribution < -0.4 is 10.9 Å². The normalized spacial score (nSPS) is 11.1. The van der Waals surface area contributed by atoms with Crippen LogP contribution in [-0.4, -0.2) is 33.4 Å². The molecule has 0 atom stereocenters. The van der Waals surface area contributed by atoms with Gasteiger partial charge in [-0.25, -0.2) is 4.79 Å². The van der Waals surface area contributed by atoms with Crippen LogP contribution in [0.25, 0.3) is 27.7 Å².